The molecule has 0 bridgehead atoms. The molecular weight excluding hydrogens is 458 g/mol. The summed E-state index contributed by atoms with van der Waals surface area (Å²) in [6, 6.07) is 3.70. The highest BCUT2D eigenvalue weighted by molar-refractivity contribution is 5.28. The first-order chi connectivity index (χ1) is 17.1. The molecule has 2 heterocycles. The molecule has 7 heteroatoms. The molecule has 1 saturated heterocycles. The van der Waals surface area contributed by atoms with Gasteiger partial charge in [-0.15, -0.1) is 0 Å². The number of fused-ring (bicyclic) bond motifs is 5. The highest BCUT2D eigenvalue weighted by Gasteiger charge is 2.70. The number of hydrogen-bond acceptors (Lipinski definition) is 7. The number of morpholine rings is 1. The average Bonchev–Trinajstić information content (AvgIpc) is 3.16. The summed E-state index contributed by atoms with van der Waals surface area (Å²) in [4.78, 5) is 14.0. The lowest BCUT2D eigenvalue weighted by Gasteiger charge is -2.66. The maximum absolute atomic E-state index is 12.4. The third kappa shape index (κ3) is 3.46. The molecule has 1 aromatic rings. The van der Waals surface area contributed by atoms with Gasteiger partial charge in [0, 0.05) is 30.6 Å². The second-order valence-corrected chi connectivity index (χ2v) is 13.1. The Balaban J connectivity index is 1.24. The summed E-state index contributed by atoms with van der Waals surface area (Å²) in [7, 11) is 0. The van der Waals surface area contributed by atoms with Crippen LogP contribution in [0.25, 0.3) is 0 Å². The predicted octanol–water partition coefficient (Wildman–Crippen LogP) is 3.06. The monoisotopic (exact) mass is 501 g/mol. The Bertz CT molecular complexity index is 1020. The van der Waals surface area contributed by atoms with Crippen molar-refractivity contribution in [1.29, 1.82) is 0 Å². The molecule has 200 valence electrons. The van der Waals surface area contributed by atoms with Crippen molar-refractivity contribution in [1.82, 2.24) is 4.90 Å². The number of ether oxygens (including phenoxy) is 1. The quantitative estimate of drug-likeness (QED) is 0.585. The molecule has 1 aliphatic heterocycles. The number of nitrogens with zero attached hydrogens (tertiary/aromatic N) is 1. The summed E-state index contributed by atoms with van der Waals surface area (Å²) < 4.78 is 10.9. The van der Waals surface area contributed by atoms with E-state index >= 15 is 0 Å². The van der Waals surface area contributed by atoms with Gasteiger partial charge < -0.3 is 24.5 Å². The van der Waals surface area contributed by atoms with Crippen molar-refractivity contribution < 1.29 is 24.5 Å². The molecule has 36 heavy (non-hydrogen) atoms. The Hall–Kier alpha value is -1.25. The Morgan fingerprint density at radius 3 is 2.53 bits per heavy atom. The van der Waals surface area contributed by atoms with E-state index in [0.29, 0.717) is 18.6 Å². The minimum Gasteiger partial charge on any atom is -0.431 e. The van der Waals surface area contributed by atoms with Crippen LogP contribution in [0, 0.1) is 22.7 Å². The Morgan fingerprint density at radius 1 is 1.00 bits per heavy atom. The van der Waals surface area contributed by atoms with Crippen molar-refractivity contribution >= 4 is 0 Å². The van der Waals surface area contributed by atoms with Crippen molar-refractivity contribution in [3.63, 3.8) is 0 Å². The van der Waals surface area contributed by atoms with Gasteiger partial charge in [-0.1, -0.05) is 13.8 Å². The van der Waals surface area contributed by atoms with Crippen LogP contribution in [0.5, 0.6) is 0 Å². The van der Waals surface area contributed by atoms with E-state index in [1.807, 2.05) is 6.07 Å². The number of hydrogen-bond donors (Lipinski definition) is 3. The van der Waals surface area contributed by atoms with Gasteiger partial charge in [0.1, 0.15) is 0 Å². The Kier molecular flexibility index (Phi) is 6.01. The molecule has 0 aromatic carbocycles. The predicted molar refractivity (Wildman–Crippen MR) is 135 cm³/mol. The highest BCUT2D eigenvalue weighted by atomic mass is 16.5. The summed E-state index contributed by atoms with van der Waals surface area (Å²) in [5.41, 5.74) is -1.27. The topological polar surface area (TPSA) is 103 Å². The van der Waals surface area contributed by atoms with Crippen molar-refractivity contribution in [3.8, 4) is 0 Å². The fraction of sp³-hybridized carbons (Fsp3) is 0.828. The number of aliphatic hydroxyl groups is 3. The Morgan fingerprint density at radius 2 is 1.78 bits per heavy atom. The van der Waals surface area contributed by atoms with Gasteiger partial charge in [-0.05, 0) is 92.6 Å². The highest BCUT2D eigenvalue weighted by Crippen LogP contribution is 2.71. The molecule has 1 aromatic heterocycles. The van der Waals surface area contributed by atoms with Crippen LogP contribution in [0.15, 0.2) is 27.6 Å². The lowest BCUT2D eigenvalue weighted by atomic mass is 9.41. The van der Waals surface area contributed by atoms with Crippen LogP contribution in [0.3, 0.4) is 0 Å². The lowest BCUT2D eigenvalue weighted by Crippen LogP contribution is -2.68. The van der Waals surface area contributed by atoms with Gasteiger partial charge in [-0.3, -0.25) is 4.90 Å². The van der Waals surface area contributed by atoms with E-state index in [0.717, 1.165) is 76.4 Å². The van der Waals surface area contributed by atoms with Gasteiger partial charge in [0.2, 0.25) is 0 Å². The summed E-state index contributed by atoms with van der Waals surface area (Å²) in [6.07, 6.45) is 9.45. The second kappa shape index (κ2) is 8.63. The molecular formula is C29H43NO6. The Labute approximate surface area is 213 Å². The molecule has 4 aliphatic carbocycles. The summed E-state index contributed by atoms with van der Waals surface area (Å²) in [5.74, 6) is 0.663. The SMILES string of the molecule is C[C@]12CC[C@H](N3CCO[C@@H](CO)C3)C[C@@]1(O)CC[C@@H]1[C@@H]2CC[C@]2(C)[C@@H](c3ccc(=O)oc3)CC[C@]12O. The van der Waals surface area contributed by atoms with Crippen LogP contribution in [-0.4, -0.2) is 69.9 Å². The van der Waals surface area contributed by atoms with Crippen molar-refractivity contribution in [2.75, 3.05) is 26.3 Å². The first-order valence-electron chi connectivity index (χ1n) is 14.1. The van der Waals surface area contributed by atoms with Crippen LogP contribution < -0.4 is 5.63 Å². The minimum absolute atomic E-state index is 0.0441. The molecule has 0 unspecified atom stereocenters. The standard InChI is InChI=1S/C29H43NO6/c1-26-9-5-20(30-13-14-35-21(16-30)17-31)15-28(26,33)11-7-24-23(26)6-10-27(2)22(8-12-29(24,27)34)19-3-4-25(32)36-18-19/h3-4,18,20-24,31,33-34H,5-17H2,1-2H3/t20-,21+,22+,23-,24+,26+,27+,28-,29-/m0/s1. The van der Waals surface area contributed by atoms with E-state index in [1.165, 1.54) is 6.07 Å². The summed E-state index contributed by atoms with van der Waals surface area (Å²) in [6.45, 7) is 6.84. The largest absolute Gasteiger partial charge is 0.431 e. The number of aliphatic hydroxyl groups excluding tert-OH is 1. The molecule has 4 saturated carbocycles. The van der Waals surface area contributed by atoms with Crippen molar-refractivity contribution in [3.05, 3.63) is 34.4 Å². The maximum atomic E-state index is 12.4. The van der Waals surface area contributed by atoms with Gasteiger partial charge in [-0.2, -0.15) is 0 Å². The molecule has 9 atom stereocenters. The maximum Gasteiger partial charge on any atom is 0.335 e. The average molecular weight is 502 g/mol. The molecule has 0 spiro atoms. The third-order valence-electron chi connectivity index (χ3n) is 12.0. The zero-order valence-corrected chi connectivity index (χ0v) is 21.8. The first-order valence-corrected chi connectivity index (χ1v) is 14.1. The zero-order valence-electron chi connectivity index (χ0n) is 21.8. The fourth-order valence-corrected chi connectivity index (χ4v) is 9.80. The molecule has 5 aliphatic rings. The zero-order chi connectivity index (χ0) is 25.3. The normalized spacial score (nSPS) is 49.2. The third-order valence-corrected chi connectivity index (χ3v) is 12.0. The summed E-state index contributed by atoms with van der Waals surface area (Å²) >= 11 is 0. The molecule has 7 nitrogen and oxygen atoms in total. The van der Waals surface area contributed by atoms with Crippen LogP contribution in [0.4, 0.5) is 0 Å². The van der Waals surface area contributed by atoms with Gasteiger partial charge >= 0.3 is 5.63 Å². The van der Waals surface area contributed by atoms with Crippen molar-refractivity contribution in [2.24, 2.45) is 22.7 Å². The van der Waals surface area contributed by atoms with Gasteiger partial charge in [-0.25, -0.2) is 4.79 Å². The van der Waals surface area contributed by atoms with E-state index < -0.39 is 11.2 Å². The molecule has 0 amide bonds. The van der Waals surface area contributed by atoms with Crippen LogP contribution in [0.1, 0.15) is 83.1 Å². The van der Waals surface area contributed by atoms with E-state index in [1.54, 1.807) is 6.26 Å². The van der Waals surface area contributed by atoms with E-state index in [-0.39, 0.29) is 41.0 Å². The van der Waals surface area contributed by atoms with Crippen LogP contribution >= 0.6 is 0 Å². The molecule has 0 radical (unpaired) electrons. The van der Waals surface area contributed by atoms with Crippen LogP contribution in [0.2, 0.25) is 0 Å². The molecule has 3 N–H and O–H groups in total. The lowest BCUT2D eigenvalue weighted by molar-refractivity contribution is -0.252. The number of rotatable bonds is 3. The smallest absolute Gasteiger partial charge is 0.335 e. The minimum atomic E-state index is -0.767. The van der Waals surface area contributed by atoms with E-state index in [9.17, 15) is 20.1 Å². The first kappa shape index (κ1) is 25.1. The second-order valence-electron chi connectivity index (χ2n) is 13.1. The van der Waals surface area contributed by atoms with Gasteiger partial charge in [0.05, 0.1) is 36.8 Å². The van der Waals surface area contributed by atoms with Gasteiger partial charge in [0.15, 0.2) is 0 Å². The summed E-state index contributed by atoms with van der Waals surface area (Å²) in [5, 5.41) is 34.3. The molecule has 5 fully saturated rings. The van der Waals surface area contributed by atoms with E-state index in [4.69, 9.17) is 9.15 Å². The van der Waals surface area contributed by atoms with Gasteiger partial charge in [0.25, 0.3) is 0 Å². The van der Waals surface area contributed by atoms with Crippen LogP contribution in [-0.2, 0) is 4.74 Å². The van der Waals surface area contributed by atoms with Crippen molar-refractivity contribution in [2.45, 2.75) is 101 Å². The fourth-order valence-electron chi connectivity index (χ4n) is 9.80. The van der Waals surface area contributed by atoms with E-state index in [2.05, 4.69) is 18.7 Å². The molecule has 6 rings (SSSR count).